The second-order valence-corrected chi connectivity index (χ2v) is 8.24. The summed E-state index contributed by atoms with van der Waals surface area (Å²) in [6, 6.07) is 10.6. The van der Waals surface area contributed by atoms with Crippen LogP contribution in [0, 0.1) is 6.92 Å². The van der Waals surface area contributed by atoms with Gasteiger partial charge in [0.15, 0.2) is 5.75 Å². The molecule has 10 heteroatoms. The van der Waals surface area contributed by atoms with Crippen molar-refractivity contribution >= 4 is 5.97 Å². The molecular weight excluding hydrogens is 502 g/mol. The van der Waals surface area contributed by atoms with Gasteiger partial charge in [-0.05, 0) is 84.4 Å². The van der Waals surface area contributed by atoms with Gasteiger partial charge in [-0.3, -0.25) is 4.89 Å². The molecule has 2 aromatic rings. The van der Waals surface area contributed by atoms with Gasteiger partial charge in [0.2, 0.25) is 0 Å². The highest BCUT2D eigenvalue weighted by atomic mass is 19.3. The van der Waals surface area contributed by atoms with Crippen LogP contribution in [0.3, 0.4) is 0 Å². The molecule has 0 heterocycles. The van der Waals surface area contributed by atoms with Crippen LogP contribution in [0.25, 0.3) is 11.1 Å². The molecule has 0 saturated heterocycles. The van der Waals surface area contributed by atoms with E-state index in [-0.39, 0.29) is 44.2 Å². The van der Waals surface area contributed by atoms with Gasteiger partial charge in [0.05, 0.1) is 18.8 Å². The molecule has 0 aromatic heterocycles. The maximum atomic E-state index is 12.5. The zero-order valence-corrected chi connectivity index (χ0v) is 21.2. The zero-order chi connectivity index (χ0) is 27.9. The number of rotatable bonds is 17. The first kappa shape index (κ1) is 30.7. The molecule has 0 aliphatic heterocycles. The Morgan fingerprint density at radius 2 is 1.82 bits per heavy atom. The van der Waals surface area contributed by atoms with Crippen LogP contribution in [0.15, 0.2) is 72.9 Å². The minimum absolute atomic E-state index is 0.0731. The van der Waals surface area contributed by atoms with Crippen LogP contribution >= 0.6 is 0 Å². The summed E-state index contributed by atoms with van der Waals surface area (Å²) in [5.41, 5.74) is 3.55. The number of hydrogen-bond acceptors (Lipinski definition) is 8. The molecule has 0 fully saturated rings. The lowest BCUT2D eigenvalue weighted by molar-refractivity contribution is -0.290. The van der Waals surface area contributed by atoms with Crippen molar-refractivity contribution in [2.45, 2.75) is 26.2 Å². The molecule has 206 valence electrons. The van der Waals surface area contributed by atoms with Crippen molar-refractivity contribution < 1.29 is 48.1 Å². The van der Waals surface area contributed by atoms with Crippen LogP contribution in [-0.4, -0.2) is 49.2 Å². The quantitative estimate of drug-likeness (QED) is 0.0958. The van der Waals surface area contributed by atoms with Gasteiger partial charge < -0.3 is 14.9 Å². The molecule has 2 rings (SSSR count). The molecule has 2 aromatic carbocycles. The Morgan fingerprint density at radius 1 is 1.03 bits per heavy atom. The first-order chi connectivity index (χ1) is 18.2. The van der Waals surface area contributed by atoms with Crippen LogP contribution in [0.2, 0.25) is 0 Å². The van der Waals surface area contributed by atoms with E-state index in [1.165, 1.54) is 0 Å². The van der Waals surface area contributed by atoms with Gasteiger partial charge in [0.1, 0.15) is 25.6 Å². The van der Waals surface area contributed by atoms with E-state index in [0.717, 1.165) is 28.3 Å². The number of unbranched alkanes of at least 4 members (excludes halogenated alkanes) is 1. The van der Waals surface area contributed by atoms with Crippen LogP contribution in [0.1, 0.15) is 24.0 Å². The number of aliphatic hydroxyl groups excluding tert-OH is 2. The number of hydrogen-bond donors (Lipinski definition) is 2. The van der Waals surface area contributed by atoms with Crippen molar-refractivity contribution in [2.75, 3.05) is 33.0 Å². The second kappa shape index (κ2) is 16.3. The van der Waals surface area contributed by atoms with Gasteiger partial charge in [-0.1, -0.05) is 25.3 Å². The zero-order valence-electron chi connectivity index (χ0n) is 21.2. The smallest absolute Gasteiger partial charge is 0.383 e. The first-order valence-corrected chi connectivity index (χ1v) is 11.8. The average molecular weight is 535 g/mol. The number of benzene rings is 2. The fraction of sp³-hybridized carbons (Fsp3) is 0.321. The summed E-state index contributed by atoms with van der Waals surface area (Å²) >= 11 is 0. The third-order valence-electron chi connectivity index (χ3n) is 5.22. The van der Waals surface area contributed by atoms with E-state index in [4.69, 9.17) is 34.5 Å². The summed E-state index contributed by atoms with van der Waals surface area (Å²) in [5, 5.41) is 17.9. The number of aryl methyl sites for hydroxylation is 1. The van der Waals surface area contributed by atoms with Crippen molar-refractivity contribution in [1.82, 2.24) is 0 Å². The normalized spacial score (nSPS) is 10.6. The fourth-order valence-corrected chi connectivity index (χ4v) is 3.30. The summed E-state index contributed by atoms with van der Waals surface area (Å²) in [7, 11) is 0. The maximum Gasteiger partial charge on any atom is 0.383 e. The fourth-order valence-electron chi connectivity index (χ4n) is 3.30. The molecule has 0 atom stereocenters. The number of ether oxygens (including phenoxy) is 1. The minimum Gasteiger partial charge on any atom is -0.491 e. The molecular formula is C28H32F2O8. The molecule has 0 amide bonds. The van der Waals surface area contributed by atoms with Crippen LogP contribution < -0.4 is 9.62 Å². The SMILES string of the molecule is C=C(CO)COOCCOc1cccc(-c2cc(OOC(=O)C(=C)CO)cc(C)c2CCCC=C(F)F)c1. The standard InChI is InChI=1S/C28H32F2O8/c1-19(16-31)18-36-35-12-11-34-23-8-6-7-22(14-23)26-15-24(37-38-28(33)21(3)17-32)13-20(2)25(26)9-4-5-10-27(29)30/h6-8,10,13-15,31-32H,1,3-5,9,11-12,16-18H2,2H3. The Morgan fingerprint density at radius 3 is 2.53 bits per heavy atom. The van der Waals surface area contributed by atoms with E-state index in [1.807, 2.05) is 13.0 Å². The molecule has 38 heavy (non-hydrogen) atoms. The number of carbonyl (C=O) groups excluding carboxylic acids is 1. The summed E-state index contributed by atoms with van der Waals surface area (Å²) < 4.78 is 30.7. The van der Waals surface area contributed by atoms with Gasteiger partial charge in [0.25, 0.3) is 6.08 Å². The van der Waals surface area contributed by atoms with Crippen molar-refractivity contribution in [3.05, 3.63) is 84.0 Å². The summed E-state index contributed by atoms with van der Waals surface area (Å²) in [5.74, 6) is -0.122. The molecule has 0 aliphatic carbocycles. The third kappa shape index (κ3) is 10.4. The second-order valence-electron chi connectivity index (χ2n) is 8.24. The summed E-state index contributed by atoms with van der Waals surface area (Å²) in [6.45, 7) is 8.47. The van der Waals surface area contributed by atoms with Crippen molar-refractivity contribution in [3.8, 4) is 22.6 Å². The molecule has 8 nitrogen and oxygen atoms in total. The molecule has 0 saturated carbocycles. The predicted octanol–water partition coefficient (Wildman–Crippen LogP) is 5.03. The summed E-state index contributed by atoms with van der Waals surface area (Å²) in [4.78, 5) is 31.7. The Balaban J connectivity index is 2.20. The topological polar surface area (TPSA) is 104 Å². The summed E-state index contributed by atoms with van der Waals surface area (Å²) in [6.07, 6.45) is 0.403. The van der Waals surface area contributed by atoms with Crippen molar-refractivity contribution in [1.29, 1.82) is 0 Å². The maximum absolute atomic E-state index is 12.5. The van der Waals surface area contributed by atoms with Gasteiger partial charge in [-0.25, -0.2) is 19.5 Å². The Labute approximate surface area is 220 Å². The highest BCUT2D eigenvalue weighted by molar-refractivity contribution is 5.87. The Hall–Kier alpha value is -3.57. The van der Waals surface area contributed by atoms with Gasteiger partial charge in [-0.2, -0.15) is 8.78 Å². The van der Waals surface area contributed by atoms with E-state index < -0.39 is 18.7 Å². The van der Waals surface area contributed by atoms with Gasteiger partial charge >= 0.3 is 5.97 Å². The van der Waals surface area contributed by atoms with Crippen LogP contribution in [-0.2, 0) is 25.9 Å². The number of halogens is 2. The Bertz CT molecular complexity index is 1130. The largest absolute Gasteiger partial charge is 0.491 e. The third-order valence-corrected chi connectivity index (χ3v) is 5.22. The highest BCUT2D eigenvalue weighted by Crippen LogP contribution is 2.34. The van der Waals surface area contributed by atoms with E-state index in [9.17, 15) is 13.6 Å². The van der Waals surface area contributed by atoms with Crippen LogP contribution in [0.5, 0.6) is 11.5 Å². The first-order valence-electron chi connectivity index (χ1n) is 11.8. The van der Waals surface area contributed by atoms with E-state index in [1.54, 1.807) is 30.3 Å². The van der Waals surface area contributed by atoms with Crippen molar-refractivity contribution in [3.63, 3.8) is 0 Å². The van der Waals surface area contributed by atoms with E-state index in [0.29, 0.717) is 24.2 Å². The molecule has 0 unspecified atom stereocenters. The molecule has 0 radical (unpaired) electrons. The molecule has 0 aliphatic rings. The Kier molecular flexibility index (Phi) is 13.2. The number of carbonyl (C=O) groups is 1. The number of allylic oxidation sites excluding steroid dienone is 1. The lowest BCUT2D eigenvalue weighted by Crippen LogP contribution is -2.12. The van der Waals surface area contributed by atoms with Crippen LogP contribution in [0.4, 0.5) is 8.78 Å². The molecule has 0 spiro atoms. The van der Waals surface area contributed by atoms with Gasteiger partial charge in [-0.15, -0.1) is 0 Å². The lowest BCUT2D eigenvalue weighted by Gasteiger charge is -2.16. The molecule has 0 bridgehead atoms. The monoisotopic (exact) mass is 534 g/mol. The number of aliphatic hydroxyl groups is 2. The highest BCUT2D eigenvalue weighted by Gasteiger charge is 2.15. The van der Waals surface area contributed by atoms with E-state index >= 15 is 0 Å². The molecule has 2 N–H and O–H groups in total. The van der Waals surface area contributed by atoms with Crippen molar-refractivity contribution in [2.24, 2.45) is 0 Å². The van der Waals surface area contributed by atoms with Gasteiger partial charge in [0, 0.05) is 0 Å². The lowest BCUT2D eigenvalue weighted by atomic mass is 9.92. The predicted molar refractivity (Wildman–Crippen MR) is 136 cm³/mol. The minimum atomic E-state index is -1.71. The van der Waals surface area contributed by atoms with E-state index in [2.05, 4.69) is 13.2 Å². The average Bonchev–Trinajstić information content (AvgIpc) is 2.91.